The summed E-state index contributed by atoms with van der Waals surface area (Å²) in [6.07, 6.45) is 13.7. The zero-order valence-electron chi connectivity index (χ0n) is 17.8. The average molecular weight is 392 g/mol. The molecule has 0 saturated heterocycles. The first-order chi connectivity index (χ1) is 12.8. The van der Waals surface area contributed by atoms with E-state index in [1.165, 1.54) is 16.7 Å². The zero-order chi connectivity index (χ0) is 20.3. The van der Waals surface area contributed by atoms with Crippen molar-refractivity contribution in [2.24, 2.45) is 5.41 Å². The van der Waals surface area contributed by atoms with Gasteiger partial charge in [-0.2, -0.15) is 11.8 Å². The molecule has 1 aliphatic rings. The molecule has 1 fully saturated rings. The summed E-state index contributed by atoms with van der Waals surface area (Å²) in [4.78, 5) is 23.0. The predicted molar refractivity (Wildman–Crippen MR) is 118 cm³/mol. The molecule has 3 nitrogen and oxygen atoms in total. The second-order valence-corrected chi connectivity index (χ2v) is 9.22. The van der Waals surface area contributed by atoms with Crippen molar-refractivity contribution >= 4 is 24.0 Å². The highest BCUT2D eigenvalue weighted by molar-refractivity contribution is 7.99. The fourth-order valence-electron chi connectivity index (χ4n) is 2.73. The fraction of sp³-hybridized carbons (Fsp3) is 0.652. The normalized spacial score (nSPS) is 17.2. The van der Waals surface area contributed by atoms with E-state index in [2.05, 4.69) is 51.2 Å². The van der Waals surface area contributed by atoms with Crippen molar-refractivity contribution in [3.05, 3.63) is 34.9 Å². The number of nitrogens with one attached hydrogen (secondary N) is 1. The number of amides is 1. The smallest absolute Gasteiger partial charge is 0.233 e. The van der Waals surface area contributed by atoms with E-state index in [-0.39, 0.29) is 11.9 Å². The largest absolute Gasteiger partial charge is 0.352 e. The van der Waals surface area contributed by atoms with E-state index in [4.69, 9.17) is 0 Å². The molecule has 1 saturated carbocycles. The third-order valence-electron chi connectivity index (χ3n) is 4.88. The SMILES string of the molecule is CC(C)=CCC/C(C)=C/CC/C(C)=C/CSCC(C)NC(=O)C1(C=O)CC1. The first kappa shape index (κ1) is 23.7. The number of allylic oxidation sites excluding steroid dienone is 5. The van der Waals surface area contributed by atoms with E-state index in [0.29, 0.717) is 12.8 Å². The van der Waals surface area contributed by atoms with Crippen LogP contribution in [0.25, 0.3) is 0 Å². The van der Waals surface area contributed by atoms with E-state index < -0.39 is 5.41 Å². The lowest BCUT2D eigenvalue weighted by Gasteiger charge is -2.15. The van der Waals surface area contributed by atoms with Crippen LogP contribution in [-0.4, -0.2) is 29.7 Å². The van der Waals surface area contributed by atoms with Gasteiger partial charge < -0.3 is 10.1 Å². The lowest BCUT2D eigenvalue weighted by molar-refractivity contribution is -0.131. The van der Waals surface area contributed by atoms with Gasteiger partial charge in [-0.15, -0.1) is 0 Å². The molecule has 1 amide bonds. The topological polar surface area (TPSA) is 46.2 Å². The van der Waals surface area contributed by atoms with Crippen molar-refractivity contribution in [2.75, 3.05) is 11.5 Å². The zero-order valence-corrected chi connectivity index (χ0v) is 18.6. The summed E-state index contributed by atoms with van der Waals surface area (Å²) in [5.41, 5.74) is 3.59. The van der Waals surface area contributed by atoms with Gasteiger partial charge in [0.05, 0.1) is 0 Å². The van der Waals surface area contributed by atoms with Gasteiger partial charge in [0.2, 0.25) is 5.91 Å². The van der Waals surface area contributed by atoms with Crippen LogP contribution in [0.5, 0.6) is 0 Å². The van der Waals surface area contributed by atoms with Gasteiger partial charge in [-0.1, -0.05) is 34.9 Å². The molecule has 1 unspecified atom stereocenters. The van der Waals surface area contributed by atoms with Crippen molar-refractivity contribution in [3.63, 3.8) is 0 Å². The Morgan fingerprint density at radius 1 is 1.04 bits per heavy atom. The van der Waals surface area contributed by atoms with Gasteiger partial charge in [0.1, 0.15) is 11.7 Å². The summed E-state index contributed by atoms with van der Waals surface area (Å²) in [5.74, 6) is 1.74. The van der Waals surface area contributed by atoms with Crippen LogP contribution in [0.15, 0.2) is 34.9 Å². The van der Waals surface area contributed by atoms with Crippen molar-refractivity contribution in [1.29, 1.82) is 0 Å². The number of rotatable bonds is 13. The number of thioether (sulfide) groups is 1. The van der Waals surface area contributed by atoms with E-state index in [1.807, 2.05) is 18.7 Å². The Morgan fingerprint density at radius 3 is 2.19 bits per heavy atom. The number of hydrogen-bond donors (Lipinski definition) is 1. The minimum absolute atomic E-state index is 0.0935. The predicted octanol–water partition coefficient (Wildman–Crippen LogP) is 5.62. The molecule has 0 heterocycles. The highest BCUT2D eigenvalue weighted by Crippen LogP contribution is 2.43. The van der Waals surface area contributed by atoms with Crippen LogP contribution in [0, 0.1) is 5.41 Å². The number of aldehydes is 1. The lowest BCUT2D eigenvalue weighted by Crippen LogP contribution is -2.40. The number of carbonyl (C=O) groups is 2. The molecule has 0 radical (unpaired) electrons. The quantitative estimate of drug-likeness (QED) is 0.192. The molecule has 0 spiro atoms. The molecule has 1 rings (SSSR count). The number of carbonyl (C=O) groups excluding carboxylic acids is 2. The summed E-state index contributed by atoms with van der Waals surface area (Å²) in [7, 11) is 0. The summed E-state index contributed by atoms with van der Waals surface area (Å²) in [5, 5.41) is 2.97. The monoisotopic (exact) mass is 391 g/mol. The fourth-order valence-corrected chi connectivity index (χ4v) is 3.70. The summed E-state index contributed by atoms with van der Waals surface area (Å²) < 4.78 is 0. The van der Waals surface area contributed by atoms with Crippen LogP contribution in [0.4, 0.5) is 0 Å². The van der Waals surface area contributed by atoms with Gasteiger partial charge in [0.25, 0.3) is 0 Å². The van der Waals surface area contributed by atoms with Crippen LogP contribution in [0.1, 0.15) is 73.1 Å². The van der Waals surface area contributed by atoms with Crippen molar-refractivity contribution < 1.29 is 9.59 Å². The molecule has 0 aromatic heterocycles. The molecule has 1 aliphatic carbocycles. The molecule has 1 N–H and O–H groups in total. The Labute approximate surface area is 170 Å². The highest BCUT2D eigenvalue weighted by Gasteiger charge is 2.50. The summed E-state index contributed by atoms with van der Waals surface area (Å²) >= 11 is 1.82. The molecule has 0 aliphatic heterocycles. The Hall–Kier alpha value is -1.29. The van der Waals surface area contributed by atoms with Gasteiger partial charge in [-0.25, -0.2) is 0 Å². The molecule has 0 bridgehead atoms. The molecular formula is C23H37NO2S. The Balaban J connectivity index is 2.16. The second kappa shape index (κ2) is 12.2. The maximum atomic E-state index is 12.0. The maximum Gasteiger partial charge on any atom is 0.233 e. The first-order valence-corrected chi connectivity index (χ1v) is 11.2. The molecule has 1 atom stereocenters. The van der Waals surface area contributed by atoms with Gasteiger partial charge in [-0.05, 0) is 73.1 Å². The van der Waals surface area contributed by atoms with Crippen LogP contribution in [-0.2, 0) is 9.59 Å². The van der Waals surface area contributed by atoms with E-state index in [0.717, 1.165) is 43.5 Å². The Bertz CT molecular complexity index is 581. The Kier molecular flexibility index (Phi) is 10.8. The highest BCUT2D eigenvalue weighted by atomic mass is 32.2. The molecule has 152 valence electrons. The average Bonchev–Trinajstić information content (AvgIpc) is 3.39. The first-order valence-electron chi connectivity index (χ1n) is 10.1. The molecule has 27 heavy (non-hydrogen) atoms. The third-order valence-corrected chi connectivity index (χ3v) is 6.02. The minimum Gasteiger partial charge on any atom is -0.352 e. The van der Waals surface area contributed by atoms with E-state index >= 15 is 0 Å². The van der Waals surface area contributed by atoms with Crippen molar-refractivity contribution in [3.8, 4) is 0 Å². The van der Waals surface area contributed by atoms with Gasteiger partial charge in [-0.3, -0.25) is 4.79 Å². The third kappa shape index (κ3) is 9.99. The minimum atomic E-state index is -0.702. The van der Waals surface area contributed by atoms with Gasteiger partial charge in [0, 0.05) is 17.5 Å². The molecule has 0 aromatic rings. The van der Waals surface area contributed by atoms with Crippen molar-refractivity contribution in [1.82, 2.24) is 5.32 Å². The molecule has 0 aromatic carbocycles. The van der Waals surface area contributed by atoms with Gasteiger partial charge in [0.15, 0.2) is 0 Å². The summed E-state index contributed by atoms with van der Waals surface area (Å²) in [6, 6.07) is 0.0972. The van der Waals surface area contributed by atoms with Crippen LogP contribution in [0.2, 0.25) is 0 Å². The lowest BCUT2D eigenvalue weighted by atomic mass is 10.1. The molecular weight excluding hydrogens is 354 g/mol. The van der Waals surface area contributed by atoms with Crippen LogP contribution >= 0.6 is 11.8 Å². The van der Waals surface area contributed by atoms with Gasteiger partial charge >= 0.3 is 0 Å². The second-order valence-electron chi connectivity index (χ2n) is 8.15. The van der Waals surface area contributed by atoms with Crippen LogP contribution in [0.3, 0.4) is 0 Å². The number of hydrogen-bond acceptors (Lipinski definition) is 3. The maximum absolute atomic E-state index is 12.0. The Morgan fingerprint density at radius 2 is 1.63 bits per heavy atom. The van der Waals surface area contributed by atoms with Crippen molar-refractivity contribution in [2.45, 2.75) is 79.2 Å². The molecule has 4 heteroatoms. The standard InChI is InChI=1S/C23H37NO2S/c1-18(2)8-6-9-19(3)10-7-11-20(4)12-15-27-16-21(5)24-22(26)23(17-25)13-14-23/h8,10,12,17,21H,6-7,9,11,13-16H2,1-5H3,(H,24,26)/b19-10+,20-12+. The van der Waals surface area contributed by atoms with E-state index in [9.17, 15) is 9.59 Å². The summed E-state index contributed by atoms with van der Waals surface area (Å²) in [6.45, 7) is 10.7. The van der Waals surface area contributed by atoms with Crippen LogP contribution < -0.4 is 5.32 Å². The van der Waals surface area contributed by atoms with E-state index in [1.54, 1.807) is 0 Å².